The minimum Gasteiger partial charge on any atom is -0.388 e. The molecule has 2 rings (SSSR count). The SMILES string of the molecule is CSc1ccccc1-n1cnnc1CO. The van der Waals surface area contributed by atoms with Crippen LogP contribution >= 0.6 is 11.8 Å². The van der Waals surface area contributed by atoms with Crippen LogP contribution in [0.4, 0.5) is 0 Å². The third-order valence-electron chi connectivity index (χ3n) is 2.10. The lowest BCUT2D eigenvalue weighted by Crippen LogP contribution is -2.01. The molecule has 0 atom stereocenters. The van der Waals surface area contributed by atoms with Gasteiger partial charge in [0.05, 0.1) is 5.69 Å². The van der Waals surface area contributed by atoms with Crippen molar-refractivity contribution in [2.75, 3.05) is 6.26 Å². The van der Waals surface area contributed by atoms with Crippen LogP contribution in [0.2, 0.25) is 0 Å². The van der Waals surface area contributed by atoms with Crippen LogP contribution in [-0.2, 0) is 6.61 Å². The van der Waals surface area contributed by atoms with Gasteiger partial charge in [-0.1, -0.05) is 12.1 Å². The Morgan fingerprint density at radius 2 is 2.20 bits per heavy atom. The number of nitrogens with zero attached hydrogens (tertiary/aromatic N) is 3. The van der Waals surface area contributed by atoms with Crippen LogP contribution in [0.1, 0.15) is 5.82 Å². The first-order chi connectivity index (χ1) is 7.36. The lowest BCUT2D eigenvalue weighted by atomic mass is 10.3. The molecule has 0 fully saturated rings. The summed E-state index contributed by atoms with van der Waals surface area (Å²) >= 11 is 1.65. The number of rotatable bonds is 3. The van der Waals surface area contributed by atoms with Gasteiger partial charge in [-0.25, -0.2) is 0 Å². The summed E-state index contributed by atoms with van der Waals surface area (Å²) in [6.07, 6.45) is 3.63. The van der Waals surface area contributed by atoms with Crippen LogP contribution in [0.15, 0.2) is 35.5 Å². The molecule has 0 spiro atoms. The molecule has 1 N–H and O–H groups in total. The normalized spacial score (nSPS) is 10.5. The van der Waals surface area contributed by atoms with E-state index in [2.05, 4.69) is 10.2 Å². The quantitative estimate of drug-likeness (QED) is 0.798. The summed E-state index contributed by atoms with van der Waals surface area (Å²) in [5.74, 6) is 0.552. The molecule has 0 aliphatic carbocycles. The average Bonchev–Trinajstić information content (AvgIpc) is 2.76. The Kier molecular flexibility index (Phi) is 3.03. The van der Waals surface area contributed by atoms with Crippen LogP contribution < -0.4 is 0 Å². The molecule has 0 aliphatic heterocycles. The maximum atomic E-state index is 9.10. The molecule has 4 nitrogen and oxygen atoms in total. The van der Waals surface area contributed by atoms with Gasteiger partial charge in [0.25, 0.3) is 0 Å². The van der Waals surface area contributed by atoms with E-state index in [0.29, 0.717) is 5.82 Å². The first kappa shape index (κ1) is 10.2. The molecule has 1 aromatic carbocycles. The molecule has 0 radical (unpaired) electrons. The van der Waals surface area contributed by atoms with Gasteiger partial charge >= 0.3 is 0 Å². The van der Waals surface area contributed by atoms with Crippen LogP contribution in [0.25, 0.3) is 5.69 Å². The number of thioether (sulfide) groups is 1. The van der Waals surface area contributed by atoms with Gasteiger partial charge in [-0.2, -0.15) is 0 Å². The lowest BCUT2D eigenvalue weighted by Gasteiger charge is -2.08. The van der Waals surface area contributed by atoms with E-state index in [1.165, 1.54) is 0 Å². The van der Waals surface area contributed by atoms with E-state index >= 15 is 0 Å². The fraction of sp³-hybridized carbons (Fsp3) is 0.200. The van der Waals surface area contributed by atoms with Crippen molar-refractivity contribution in [3.8, 4) is 5.69 Å². The second-order valence-corrected chi connectivity index (χ2v) is 3.80. The number of aliphatic hydroxyl groups is 1. The molecule has 0 amide bonds. The molecule has 0 unspecified atom stereocenters. The Hall–Kier alpha value is -1.33. The molecule has 5 heteroatoms. The van der Waals surface area contributed by atoms with Crippen molar-refractivity contribution in [1.82, 2.24) is 14.8 Å². The minimum absolute atomic E-state index is 0.108. The molecule has 1 aromatic heterocycles. The Morgan fingerprint density at radius 1 is 1.40 bits per heavy atom. The molecular weight excluding hydrogens is 210 g/mol. The van der Waals surface area contributed by atoms with Crippen molar-refractivity contribution in [2.24, 2.45) is 0 Å². The lowest BCUT2D eigenvalue weighted by molar-refractivity contribution is 0.268. The Morgan fingerprint density at radius 3 is 2.93 bits per heavy atom. The van der Waals surface area contributed by atoms with Crippen molar-refractivity contribution in [2.45, 2.75) is 11.5 Å². The average molecular weight is 221 g/mol. The van der Waals surface area contributed by atoms with E-state index in [9.17, 15) is 0 Å². The highest BCUT2D eigenvalue weighted by Gasteiger charge is 2.07. The summed E-state index contributed by atoms with van der Waals surface area (Å²) in [6, 6.07) is 7.95. The Bertz CT molecular complexity index is 455. The van der Waals surface area contributed by atoms with Crippen LogP contribution in [0.3, 0.4) is 0 Å². The summed E-state index contributed by atoms with van der Waals surface area (Å²) in [5, 5.41) is 16.7. The summed E-state index contributed by atoms with van der Waals surface area (Å²) in [4.78, 5) is 1.13. The highest BCUT2D eigenvalue weighted by molar-refractivity contribution is 7.98. The largest absolute Gasteiger partial charge is 0.388 e. The van der Waals surface area contributed by atoms with Crippen molar-refractivity contribution in [1.29, 1.82) is 0 Å². The van der Waals surface area contributed by atoms with Crippen LogP contribution in [-0.4, -0.2) is 26.1 Å². The standard InChI is InChI=1S/C10H11N3OS/c1-15-9-5-3-2-4-8(9)13-7-11-12-10(13)6-14/h2-5,7,14H,6H2,1H3. The zero-order chi connectivity index (χ0) is 10.7. The van der Waals surface area contributed by atoms with Gasteiger partial charge in [-0.05, 0) is 18.4 Å². The zero-order valence-corrected chi connectivity index (χ0v) is 9.11. The van der Waals surface area contributed by atoms with E-state index in [-0.39, 0.29) is 6.61 Å². The maximum absolute atomic E-state index is 9.10. The molecule has 15 heavy (non-hydrogen) atoms. The molecule has 0 saturated heterocycles. The number of benzene rings is 1. The van der Waals surface area contributed by atoms with Crippen molar-refractivity contribution < 1.29 is 5.11 Å². The molecule has 1 heterocycles. The number of hydrogen-bond donors (Lipinski definition) is 1. The minimum atomic E-state index is -0.108. The fourth-order valence-electron chi connectivity index (χ4n) is 1.40. The van der Waals surface area contributed by atoms with Crippen molar-refractivity contribution >= 4 is 11.8 Å². The third-order valence-corrected chi connectivity index (χ3v) is 2.89. The van der Waals surface area contributed by atoms with E-state index < -0.39 is 0 Å². The van der Waals surface area contributed by atoms with E-state index in [4.69, 9.17) is 5.11 Å². The predicted molar refractivity (Wildman–Crippen MR) is 59.1 cm³/mol. The number of para-hydroxylation sites is 1. The van der Waals surface area contributed by atoms with E-state index in [1.54, 1.807) is 22.7 Å². The summed E-state index contributed by atoms with van der Waals surface area (Å²) in [6.45, 7) is -0.108. The van der Waals surface area contributed by atoms with Gasteiger partial charge in [-0.15, -0.1) is 22.0 Å². The highest BCUT2D eigenvalue weighted by atomic mass is 32.2. The first-order valence-electron chi connectivity index (χ1n) is 4.50. The van der Waals surface area contributed by atoms with Gasteiger partial charge in [0.1, 0.15) is 12.9 Å². The van der Waals surface area contributed by atoms with Gasteiger partial charge in [0.2, 0.25) is 0 Å². The molecule has 0 bridgehead atoms. The van der Waals surface area contributed by atoms with Crippen molar-refractivity contribution in [3.05, 3.63) is 36.4 Å². The summed E-state index contributed by atoms with van der Waals surface area (Å²) < 4.78 is 1.80. The first-order valence-corrected chi connectivity index (χ1v) is 5.72. The van der Waals surface area contributed by atoms with Gasteiger partial charge < -0.3 is 5.11 Å². The molecular formula is C10H11N3OS. The Labute approximate surface area is 92.0 Å². The van der Waals surface area contributed by atoms with Gasteiger partial charge in [-0.3, -0.25) is 4.57 Å². The maximum Gasteiger partial charge on any atom is 0.163 e. The second kappa shape index (κ2) is 4.46. The summed E-state index contributed by atoms with van der Waals surface area (Å²) in [7, 11) is 0. The predicted octanol–water partition coefficient (Wildman–Crippen LogP) is 1.48. The van der Waals surface area contributed by atoms with Gasteiger partial charge in [0.15, 0.2) is 5.82 Å². The zero-order valence-electron chi connectivity index (χ0n) is 8.29. The fourth-order valence-corrected chi connectivity index (χ4v) is 1.99. The van der Waals surface area contributed by atoms with Gasteiger partial charge in [0, 0.05) is 4.90 Å². The second-order valence-electron chi connectivity index (χ2n) is 2.95. The highest BCUT2D eigenvalue weighted by Crippen LogP contribution is 2.23. The number of aromatic nitrogens is 3. The number of hydrogen-bond acceptors (Lipinski definition) is 4. The molecule has 2 aromatic rings. The molecule has 0 aliphatic rings. The Balaban J connectivity index is 2.53. The smallest absolute Gasteiger partial charge is 0.163 e. The molecule has 78 valence electrons. The van der Waals surface area contributed by atoms with Crippen LogP contribution in [0, 0.1) is 0 Å². The number of aliphatic hydroxyl groups excluding tert-OH is 1. The third kappa shape index (κ3) is 1.88. The summed E-state index contributed by atoms with van der Waals surface area (Å²) in [5.41, 5.74) is 0.999. The van der Waals surface area contributed by atoms with E-state index in [0.717, 1.165) is 10.6 Å². The monoisotopic (exact) mass is 221 g/mol. The van der Waals surface area contributed by atoms with E-state index in [1.807, 2.05) is 30.5 Å². The van der Waals surface area contributed by atoms with Crippen molar-refractivity contribution in [3.63, 3.8) is 0 Å². The molecule has 0 saturated carbocycles. The topological polar surface area (TPSA) is 50.9 Å². The van der Waals surface area contributed by atoms with Crippen LogP contribution in [0.5, 0.6) is 0 Å².